The summed E-state index contributed by atoms with van der Waals surface area (Å²) in [5, 5.41) is 0. The van der Waals surface area contributed by atoms with E-state index in [2.05, 4.69) is 4.99 Å². The van der Waals surface area contributed by atoms with Crippen LogP contribution in [-0.2, 0) is 18.4 Å². The molecule has 0 aliphatic heterocycles. The average molecular weight is 399 g/mol. The molecule has 0 radical (unpaired) electrons. The maximum absolute atomic E-state index is 12.5. The van der Waals surface area contributed by atoms with Crippen LogP contribution in [0.2, 0.25) is 0 Å². The zero-order valence-electron chi connectivity index (χ0n) is 15.5. The van der Waals surface area contributed by atoms with Crippen LogP contribution in [0.3, 0.4) is 0 Å². The molecule has 4 aromatic rings. The predicted molar refractivity (Wildman–Crippen MR) is 105 cm³/mol. The number of hydrogen-bond donors (Lipinski definition) is 0. The van der Waals surface area contributed by atoms with Crippen LogP contribution in [0.1, 0.15) is 0 Å². The van der Waals surface area contributed by atoms with E-state index in [1.807, 2.05) is 19.2 Å². The lowest BCUT2D eigenvalue weighted by molar-refractivity contribution is -0.118. The topological polar surface area (TPSA) is 88.0 Å². The number of thiazole rings is 1. The number of hydrogen-bond acceptors (Lipinski definition) is 6. The minimum Gasteiger partial charge on any atom is -0.493 e. The van der Waals surface area contributed by atoms with Crippen molar-refractivity contribution in [2.45, 2.75) is 6.54 Å². The molecule has 0 spiro atoms. The van der Waals surface area contributed by atoms with Gasteiger partial charge in [-0.2, -0.15) is 4.99 Å². The van der Waals surface area contributed by atoms with Crippen LogP contribution in [-0.4, -0.2) is 29.3 Å². The summed E-state index contributed by atoms with van der Waals surface area (Å²) >= 11 is 1.35. The zero-order chi connectivity index (χ0) is 19.8. The van der Waals surface area contributed by atoms with Gasteiger partial charge in [0.25, 0.3) is 5.91 Å². The number of fused-ring (bicyclic) bond motifs is 2. The van der Waals surface area contributed by atoms with E-state index >= 15 is 0 Å². The molecule has 0 aliphatic rings. The smallest absolute Gasteiger partial charge is 0.420 e. The Labute approximate surface area is 162 Å². The fourth-order valence-corrected chi connectivity index (χ4v) is 4.05. The van der Waals surface area contributed by atoms with Gasteiger partial charge in [-0.15, -0.1) is 0 Å². The van der Waals surface area contributed by atoms with Gasteiger partial charge in [-0.1, -0.05) is 23.5 Å². The van der Waals surface area contributed by atoms with E-state index in [0.29, 0.717) is 27.4 Å². The van der Waals surface area contributed by atoms with Gasteiger partial charge in [0, 0.05) is 19.2 Å². The lowest BCUT2D eigenvalue weighted by Crippen LogP contribution is -2.21. The number of ether oxygens (including phenoxy) is 2. The van der Waals surface area contributed by atoms with Crippen molar-refractivity contribution in [1.29, 1.82) is 0 Å². The number of benzene rings is 2. The van der Waals surface area contributed by atoms with E-state index in [9.17, 15) is 9.59 Å². The summed E-state index contributed by atoms with van der Waals surface area (Å²) in [6.07, 6.45) is 0. The lowest BCUT2D eigenvalue weighted by Gasteiger charge is -2.07. The number of carbonyl (C=O) groups excluding carboxylic acids is 1. The highest BCUT2D eigenvalue weighted by molar-refractivity contribution is 7.16. The Morgan fingerprint density at radius 2 is 1.86 bits per heavy atom. The molecule has 0 aliphatic carbocycles. The molecule has 4 rings (SSSR count). The number of methoxy groups -OCH3 is 2. The van der Waals surface area contributed by atoms with E-state index in [4.69, 9.17) is 13.9 Å². The molecule has 2 heterocycles. The predicted octanol–water partition coefficient (Wildman–Crippen LogP) is 2.29. The summed E-state index contributed by atoms with van der Waals surface area (Å²) in [6.45, 7) is -0.198. The number of amides is 1. The minimum absolute atomic E-state index is 0.198. The van der Waals surface area contributed by atoms with E-state index < -0.39 is 11.7 Å². The third-order valence-corrected chi connectivity index (χ3v) is 5.50. The number of para-hydroxylation sites is 2. The van der Waals surface area contributed by atoms with Crippen molar-refractivity contribution in [3.8, 4) is 11.5 Å². The molecule has 0 N–H and O–H groups in total. The minimum atomic E-state index is -0.583. The van der Waals surface area contributed by atoms with E-state index in [-0.39, 0.29) is 6.54 Å². The van der Waals surface area contributed by atoms with Crippen LogP contribution in [0, 0.1) is 0 Å². The van der Waals surface area contributed by atoms with Crippen LogP contribution < -0.4 is 20.0 Å². The standard InChI is InChI=1S/C19H17N3O5S/c1-21-12-8-14(25-2)15(26-3)9-16(12)28-18(21)20-17(23)10-22-11-6-4-5-7-13(11)27-19(22)24/h4-9H,10H2,1-3H3. The molecular weight excluding hydrogens is 382 g/mol. The average Bonchev–Trinajstić information content (AvgIpc) is 3.17. The molecule has 2 aromatic heterocycles. The van der Waals surface area contributed by atoms with Crippen molar-refractivity contribution in [2.75, 3.05) is 14.2 Å². The number of carbonyl (C=O) groups is 1. The highest BCUT2D eigenvalue weighted by Crippen LogP contribution is 2.33. The molecule has 2 aromatic carbocycles. The maximum Gasteiger partial charge on any atom is 0.420 e. The Kier molecular flexibility index (Phi) is 4.52. The molecule has 9 heteroatoms. The molecule has 0 saturated heterocycles. The van der Waals surface area contributed by atoms with Crippen molar-refractivity contribution < 1.29 is 18.7 Å². The summed E-state index contributed by atoms with van der Waals surface area (Å²) in [6, 6.07) is 10.6. The maximum atomic E-state index is 12.5. The fraction of sp³-hybridized carbons (Fsp3) is 0.211. The number of rotatable bonds is 4. The highest BCUT2D eigenvalue weighted by Gasteiger charge is 2.14. The lowest BCUT2D eigenvalue weighted by atomic mass is 10.3. The summed E-state index contributed by atoms with van der Waals surface area (Å²) in [5.41, 5.74) is 1.86. The second kappa shape index (κ2) is 7.01. The first-order chi connectivity index (χ1) is 13.5. The Morgan fingerprint density at radius 1 is 1.14 bits per heavy atom. The second-order valence-electron chi connectivity index (χ2n) is 6.05. The van der Waals surface area contributed by atoms with Crippen LogP contribution in [0.15, 0.2) is 50.6 Å². The molecule has 0 bridgehead atoms. The number of oxazole rings is 1. The third-order valence-electron chi connectivity index (χ3n) is 4.40. The molecule has 0 saturated carbocycles. The molecule has 0 unspecified atom stereocenters. The normalized spacial score (nSPS) is 12.0. The molecule has 8 nitrogen and oxygen atoms in total. The van der Waals surface area contributed by atoms with Gasteiger partial charge in [-0.3, -0.25) is 9.36 Å². The zero-order valence-corrected chi connectivity index (χ0v) is 16.3. The van der Waals surface area contributed by atoms with E-state index in [1.54, 1.807) is 43.1 Å². The van der Waals surface area contributed by atoms with Crippen molar-refractivity contribution in [3.63, 3.8) is 0 Å². The summed E-state index contributed by atoms with van der Waals surface area (Å²) in [4.78, 5) is 29.3. The van der Waals surface area contributed by atoms with Gasteiger partial charge in [-0.05, 0) is 12.1 Å². The van der Waals surface area contributed by atoms with Crippen molar-refractivity contribution >= 4 is 38.6 Å². The molecule has 0 atom stereocenters. The Bertz CT molecular complexity index is 1330. The van der Waals surface area contributed by atoms with Gasteiger partial charge >= 0.3 is 5.76 Å². The van der Waals surface area contributed by atoms with Gasteiger partial charge in [0.05, 0.1) is 30.0 Å². The molecule has 0 fully saturated rings. The monoisotopic (exact) mass is 399 g/mol. The van der Waals surface area contributed by atoms with Gasteiger partial charge < -0.3 is 18.5 Å². The molecule has 144 valence electrons. The first-order valence-corrected chi connectivity index (χ1v) is 9.21. The Hall–Kier alpha value is -3.33. The fourth-order valence-electron chi connectivity index (χ4n) is 3.00. The van der Waals surface area contributed by atoms with E-state index in [0.717, 1.165) is 10.2 Å². The van der Waals surface area contributed by atoms with Gasteiger partial charge in [0.15, 0.2) is 21.9 Å². The van der Waals surface area contributed by atoms with Gasteiger partial charge in [0.1, 0.15) is 6.54 Å². The van der Waals surface area contributed by atoms with Gasteiger partial charge in [-0.25, -0.2) is 4.79 Å². The Balaban J connectivity index is 1.75. The van der Waals surface area contributed by atoms with Crippen LogP contribution in [0.5, 0.6) is 11.5 Å². The van der Waals surface area contributed by atoms with Crippen molar-refractivity contribution in [3.05, 3.63) is 51.8 Å². The second-order valence-corrected chi connectivity index (χ2v) is 7.06. The van der Waals surface area contributed by atoms with Crippen molar-refractivity contribution in [2.24, 2.45) is 12.0 Å². The quantitative estimate of drug-likeness (QED) is 0.525. The number of aromatic nitrogens is 2. The molecule has 1 amide bonds. The number of aryl methyl sites for hydroxylation is 1. The third kappa shape index (κ3) is 2.99. The molecule has 28 heavy (non-hydrogen) atoms. The highest BCUT2D eigenvalue weighted by atomic mass is 32.1. The summed E-state index contributed by atoms with van der Waals surface area (Å²) < 4.78 is 19.8. The first kappa shape index (κ1) is 18.1. The largest absolute Gasteiger partial charge is 0.493 e. The summed E-state index contributed by atoms with van der Waals surface area (Å²) in [7, 11) is 4.95. The van der Waals surface area contributed by atoms with E-state index in [1.165, 1.54) is 15.9 Å². The van der Waals surface area contributed by atoms with Gasteiger partial charge in [0.2, 0.25) is 0 Å². The van der Waals surface area contributed by atoms with Crippen LogP contribution >= 0.6 is 11.3 Å². The first-order valence-electron chi connectivity index (χ1n) is 8.39. The molecular formula is C19H17N3O5S. The summed E-state index contributed by atoms with van der Waals surface area (Å²) in [5.74, 6) is 0.165. The SMILES string of the molecule is COc1cc2sc(=NC(=O)Cn3c(=O)oc4ccccc43)n(C)c2cc1OC. The van der Waals surface area contributed by atoms with Crippen molar-refractivity contribution in [1.82, 2.24) is 9.13 Å². The Morgan fingerprint density at radius 3 is 2.61 bits per heavy atom. The van der Waals surface area contributed by atoms with Crippen LogP contribution in [0.4, 0.5) is 0 Å². The van der Waals surface area contributed by atoms with Crippen LogP contribution in [0.25, 0.3) is 21.3 Å². The number of nitrogens with zero attached hydrogens (tertiary/aromatic N) is 3.